The summed E-state index contributed by atoms with van der Waals surface area (Å²) >= 11 is 0. The predicted octanol–water partition coefficient (Wildman–Crippen LogP) is 3.14. The Morgan fingerprint density at radius 2 is 1.69 bits per heavy atom. The van der Waals surface area contributed by atoms with Crippen molar-refractivity contribution in [3.8, 4) is 5.75 Å². The number of hydrogen-bond acceptors (Lipinski definition) is 7. The van der Waals surface area contributed by atoms with Crippen LogP contribution in [0.3, 0.4) is 0 Å². The Kier molecular flexibility index (Phi) is 5.19. The minimum atomic E-state index is -5.48. The van der Waals surface area contributed by atoms with Crippen molar-refractivity contribution >= 4 is 27.1 Å². The van der Waals surface area contributed by atoms with E-state index in [0.717, 1.165) is 24.3 Å². The normalized spacial score (nSPS) is 13.3. The third-order valence-corrected chi connectivity index (χ3v) is 5.13. The Bertz CT molecular complexity index is 925. The molecule has 2 aromatic rings. The van der Waals surface area contributed by atoms with Crippen molar-refractivity contribution in [2.75, 3.05) is 0 Å². The van der Waals surface area contributed by atoms with Gasteiger partial charge in [-0.3, -0.25) is 23.7 Å². The lowest BCUT2D eigenvalue weighted by molar-refractivity contribution is -0.384. The van der Waals surface area contributed by atoms with Gasteiger partial charge in [0.15, 0.2) is 5.78 Å². The topological polar surface area (TPSA) is 128 Å². The number of rotatable bonds is 7. The molecule has 0 aliphatic carbocycles. The molecule has 0 saturated carbocycles. The van der Waals surface area contributed by atoms with Crippen LogP contribution in [0.1, 0.15) is 13.8 Å². The van der Waals surface area contributed by atoms with Crippen LogP contribution in [0, 0.1) is 10.1 Å². The maximum atomic E-state index is 13.3. The molecule has 0 radical (unpaired) electrons. The Hall–Kier alpha value is -3.11. The van der Waals surface area contributed by atoms with Crippen LogP contribution in [0.4, 0.5) is 5.69 Å². The average Bonchev–Trinajstić information content (AvgIpc) is 2.61. The van der Waals surface area contributed by atoms with Gasteiger partial charge in [-0.25, -0.2) is 0 Å². The fraction of sp³-hybridized carbons (Fsp3) is 0.125. The van der Waals surface area contributed by atoms with E-state index in [9.17, 15) is 23.7 Å². The van der Waals surface area contributed by atoms with Crippen LogP contribution < -0.4 is 4.18 Å². The first-order valence-corrected chi connectivity index (χ1v) is 9.05. The molecule has 0 amide bonds. The number of non-ortho nitro benzene ring substituents is 1. The number of carbonyl (C=O) groups is 1. The third-order valence-electron chi connectivity index (χ3n) is 3.24. The highest BCUT2D eigenvalue weighted by Crippen LogP contribution is 2.37. The van der Waals surface area contributed by atoms with E-state index in [1.165, 1.54) is 38.1 Å². The number of nitrogens with zero attached hydrogens (tertiary/aromatic N) is 2. The van der Waals surface area contributed by atoms with Gasteiger partial charge in [0.1, 0.15) is 16.4 Å². The summed E-state index contributed by atoms with van der Waals surface area (Å²) in [6.45, 7) is 2.53. The predicted molar refractivity (Wildman–Crippen MR) is 94.1 cm³/mol. The molecule has 0 aromatic heterocycles. The third kappa shape index (κ3) is 4.29. The molecular formula is C16H16N2O7S. The minimum Gasteiger partial charge on any atom is -0.373 e. The van der Waals surface area contributed by atoms with E-state index < -0.39 is 20.6 Å². The first-order chi connectivity index (χ1) is 12.1. The molecule has 0 aliphatic rings. The summed E-state index contributed by atoms with van der Waals surface area (Å²) in [4.78, 5) is 21.1. The molecule has 0 heterocycles. The Labute approximate surface area is 149 Å². The zero-order valence-corrected chi connectivity index (χ0v) is 14.7. The monoisotopic (exact) mass is 380 g/mol. The van der Waals surface area contributed by atoms with Gasteiger partial charge in [-0.1, -0.05) is 23.4 Å². The Morgan fingerprint density at radius 3 is 2.19 bits per heavy atom. The van der Waals surface area contributed by atoms with Crippen molar-refractivity contribution in [3.05, 3.63) is 64.7 Å². The molecule has 138 valence electrons. The molecule has 1 N–H and O–H groups in total. The average molecular weight is 380 g/mol. The number of nitro benzene ring substituents is 1. The van der Waals surface area contributed by atoms with Crippen LogP contribution in [0.5, 0.6) is 5.75 Å². The molecule has 0 unspecified atom stereocenters. The van der Waals surface area contributed by atoms with E-state index in [0.29, 0.717) is 0 Å². The molecule has 0 aliphatic heterocycles. The van der Waals surface area contributed by atoms with E-state index in [4.69, 9.17) is 8.47 Å². The van der Waals surface area contributed by atoms with Gasteiger partial charge in [-0.15, -0.1) is 0 Å². The van der Waals surface area contributed by atoms with Crippen molar-refractivity contribution in [1.29, 1.82) is 0 Å². The van der Waals surface area contributed by atoms with Crippen LogP contribution in [0.2, 0.25) is 0 Å². The Morgan fingerprint density at radius 1 is 1.12 bits per heavy atom. The number of ketones is 1. The molecule has 0 fully saturated rings. The van der Waals surface area contributed by atoms with Gasteiger partial charge < -0.3 is 4.18 Å². The summed E-state index contributed by atoms with van der Waals surface area (Å²) in [5, 5.41) is 14.1. The zero-order valence-electron chi connectivity index (χ0n) is 13.9. The van der Waals surface area contributed by atoms with Crippen LogP contribution >= 0.6 is 0 Å². The lowest BCUT2D eigenvalue weighted by Crippen LogP contribution is -2.40. The second-order valence-electron chi connectivity index (χ2n) is 5.22. The molecule has 9 nitrogen and oxygen atoms in total. The lowest BCUT2D eigenvalue weighted by Gasteiger charge is -2.33. The first-order valence-electron chi connectivity index (χ1n) is 7.27. The SMILES string of the molecule is CC(=O)/C(C)=N\OS(=O)(O)(Oc1ccc([N+](=O)[O-])cc1)c1ccccc1. The summed E-state index contributed by atoms with van der Waals surface area (Å²) in [6, 6.07) is 11.7. The fourth-order valence-electron chi connectivity index (χ4n) is 1.73. The highest BCUT2D eigenvalue weighted by atomic mass is 32.3. The van der Waals surface area contributed by atoms with E-state index in [1.807, 2.05) is 0 Å². The molecule has 26 heavy (non-hydrogen) atoms. The standard InChI is InChI=1S/C16H16N2O7S/c1-12(13(2)19)17-25-26(22,23,16-6-4-3-5-7-16)24-15-10-8-14(9-11-15)18(20)21/h3-11H,1-2H3,(H,22,23)/b17-12-. The van der Waals surface area contributed by atoms with Crippen molar-refractivity contribution in [3.63, 3.8) is 0 Å². The molecule has 10 heteroatoms. The van der Waals surface area contributed by atoms with Crippen LogP contribution in [0.25, 0.3) is 0 Å². The molecule has 2 aromatic carbocycles. The minimum absolute atomic E-state index is 0.138. The van der Waals surface area contributed by atoms with E-state index >= 15 is 0 Å². The number of benzene rings is 2. The molecular weight excluding hydrogens is 364 g/mol. The number of nitro groups is 1. The number of hydrogen-bond donors (Lipinski definition) is 1. The van der Waals surface area contributed by atoms with E-state index in [2.05, 4.69) is 5.16 Å². The van der Waals surface area contributed by atoms with E-state index in [-0.39, 0.29) is 22.0 Å². The van der Waals surface area contributed by atoms with Gasteiger partial charge in [0, 0.05) is 19.1 Å². The van der Waals surface area contributed by atoms with Gasteiger partial charge in [0.25, 0.3) is 5.69 Å². The maximum Gasteiger partial charge on any atom is 0.315 e. The molecule has 2 rings (SSSR count). The second kappa shape index (κ2) is 7.02. The summed E-state index contributed by atoms with van der Waals surface area (Å²) in [6.07, 6.45) is 0. The van der Waals surface area contributed by atoms with Crippen molar-refractivity contribution < 1.29 is 26.9 Å². The maximum absolute atomic E-state index is 13.3. The van der Waals surface area contributed by atoms with Crippen LogP contribution in [-0.4, -0.2) is 25.2 Å². The van der Waals surface area contributed by atoms with Gasteiger partial charge in [-0.2, -0.15) is 4.21 Å². The highest BCUT2D eigenvalue weighted by Gasteiger charge is 2.42. The lowest BCUT2D eigenvalue weighted by atomic mass is 10.3. The summed E-state index contributed by atoms with van der Waals surface area (Å²) in [5.41, 5.74) is -0.356. The highest BCUT2D eigenvalue weighted by molar-refractivity contribution is 8.07. The first kappa shape index (κ1) is 19.2. The molecule has 0 spiro atoms. The van der Waals surface area contributed by atoms with Crippen molar-refractivity contribution in [2.24, 2.45) is 5.16 Å². The molecule has 0 bridgehead atoms. The van der Waals surface area contributed by atoms with E-state index in [1.54, 1.807) is 6.07 Å². The fourth-order valence-corrected chi connectivity index (χ4v) is 3.25. The van der Waals surface area contributed by atoms with Gasteiger partial charge in [0.2, 0.25) is 0 Å². The number of carbonyl (C=O) groups excluding carboxylic acids is 1. The van der Waals surface area contributed by atoms with Gasteiger partial charge in [0.05, 0.1) is 4.92 Å². The van der Waals surface area contributed by atoms with Gasteiger partial charge >= 0.3 is 9.91 Å². The molecule has 0 saturated heterocycles. The molecule has 0 atom stereocenters. The van der Waals surface area contributed by atoms with Crippen LogP contribution in [0.15, 0.2) is 64.6 Å². The zero-order chi connectivity index (χ0) is 19.4. The quantitative estimate of drug-likeness (QED) is 0.444. The summed E-state index contributed by atoms with van der Waals surface area (Å²) in [5.74, 6) is -0.613. The smallest absolute Gasteiger partial charge is 0.315 e. The summed E-state index contributed by atoms with van der Waals surface area (Å²) < 4.78 is 34.0. The largest absolute Gasteiger partial charge is 0.373 e. The number of Topliss-reactive ketones (excluding diaryl/α,β-unsaturated/α-hetero) is 1. The van der Waals surface area contributed by atoms with Crippen molar-refractivity contribution in [1.82, 2.24) is 0 Å². The van der Waals surface area contributed by atoms with Crippen molar-refractivity contribution in [2.45, 2.75) is 18.7 Å². The summed E-state index contributed by atoms with van der Waals surface area (Å²) in [7, 11) is -5.48. The number of oxime groups is 1. The second-order valence-corrected chi connectivity index (χ2v) is 7.55. The Balaban J connectivity index is 2.47. The van der Waals surface area contributed by atoms with Crippen LogP contribution in [-0.2, 0) is 19.0 Å². The van der Waals surface area contributed by atoms with Gasteiger partial charge in [-0.05, 0) is 31.2 Å².